The highest BCUT2D eigenvalue weighted by atomic mass is 19.1. The van der Waals surface area contributed by atoms with Crippen LogP contribution in [-0.2, 0) is 11.3 Å². The summed E-state index contributed by atoms with van der Waals surface area (Å²) in [6, 6.07) is 8.11. The van der Waals surface area contributed by atoms with Gasteiger partial charge in [-0.1, -0.05) is 6.07 Å². The van der Waals surface area contributed by atoms with Gasteiger partial charge in [0.1, 0.15) is 11.6 Å². The molecule has 0 unspecified atom stereocenters. The van der Waals surface area contributed by atoms with E-state index in [2.05, 4.69) is 10.3 Å². The van der Waals surface area contributed by atoms with Crippen molar-refractivity contribution in [3.8, 4) is 0 Å². The summed E-state index contributed by atoms with van der Waals surface area (Å²) in [6.45, 7) is 2.22. The summed E-state index contributed by atoms with van der Waals surface area (Å²) in [5.41, 5.74) is 1.24. The molecule has 0 bridgehead atoms. The molecule has 7 heteroatoms. The number of hydrogen-bond acceptors (Lipinski definition) is 3. The quantitative estimate of drug-likeness (QED) is 0.913. The van der Waals surface area contributed by atoms with Gasteiger partial charge < -0.3 is 10.2 Å². The van der Waals surface area contributed by atoms with Crippen molar-refractivity contribution in [1.82, 2.24) is 15.2 Å². The molecular formula is C19H19F2N3O2. The maximum atomic E-state index is 14.0. The van der Waals surface area contributed by atoms with Crippen LogP contribution in [-0.4, -0.2) is 28.2 Å². The third-order valence-electron chi connectivity index (χ3n) is 4.36. The van der Waals surface area contributed by atoms with Crippen LogP contribution in [0.1, 0.15) is 47.6 Å². The first-order valence-corrected chi connectivity index (χ1v) is 8.42. The SMILES string of the molecule is CC(=O)NCc1cccc([C@@H]2CCCN2C(=O)c2ccc(F)cc2F)n1. The van der Waals surface area contributed by atoms with Crippen LogP contribution >= 0.6 is 0 Å². The van der Waals surface area contributed by atoms with Gasteiger partial charge in [-0.05, 0) is 37.1 Å². The van der Waals surface area contributed by atoms with Gasteiger partial charge in [-0.2, -0.15) is 0 Å². The second kappa shape index (κ2) is 7.59. The number of halogens is 2. The largest absolute Gasteiger partial charge is 0.351 e. The number of benzene rings is 1. The third-order valence-corrected chi connectivity index (χ3v) is 4.36. The molecule has 0 radical (unpaired) electrons. The molecule has 1 atom stereocenters. The van der Waals surface area contributed by atoms with Gasteiger partial charge in [-0.15, -0.1) is 0 Å². The molecule has 1 aromatic heterocycles. The van der Waals surface area contributed by atoms with Gasteiger partial charge in [0.25, 0.3) is 5.91 Å². The number of carbonyl (C=O) groups excluding carboxylic acids is 2. The maximum absolute atomic E-state index is 14.0. The summed E-state index contributed by atoms with van der Waals surface area (Å²) in [7, 11) is 0. The normalized spacial score (nSPS) is 16.6. The molecule has 0 aliphatic carbocycles. The monoisotopic (exact) mass is 359 g/mol. The average molecular weight is 359 g/mol. The van der Waals surface area contributed by atoms with Crippen molar-refractivity contribution >= 4 is 11.8 Å². The van der Waals surface area contributed by atoms with Gasteiger partial charge in [0, 0.05) is 19.5 Å². The lowest BCUT2D eigenvalue weighted by atomic mass is 10.1. The summed E-state index contributed by atoms with van der Waals surface area (Å²) in [4.78, 5) is 29.9. The molecule has 3 rings (SSSR count). The second-order valence-electron chi connectivity index (χ2n) is 6.24. The van der Waals surface area contributed by atoms with Crippen molar-refractivity contribution in [2.75, 3.05) is 6.54 Å². The van der Waals surface area contributed by atoms with Crippen LogP contribution in [0.5, 0.6) is 0 Å². The highest BCUT2D eigenvalue weighted by molar-refractivity contribution is 5.95. The minimum Gasteiger partial charge on any atom is -0.351 e. The molecule has 5 nitrogen and oxygen atoms in total. The van der Waals surface area contributed by atoms with Gasteiger partial charge in [-0.3, -0.25) is 14.6 Å². The lowest BCUT2D eigenvalue weighted by molar-refractivity contribution is -0.119. The Morgan fingerprint density at radius 2 is 2.08 bits per heavy atom. The fourth-order valence-corrected chi connectivity index (χ4v) is 3.13. The highest BCUT2D eigenvalue weighted by Gasteiger charge is 2.32. The first-order chi connectivity index (χ1) is 12.5. The molecule has 1 N–H and O–H groups in total. The Bertz CT molecular complexity index is 841. The van der Waals surface area contributed by atoms with E-state index in [0.717, 1.165) is 12.5 Å². The molecule has 1 fully saturated rings. The zero-order valence-electron chi connectivity index (χ0n) is 14.3. The molecular weight excluding hydrogens is 340 g/mol. The van der Waals surface area contributed by atoms with Crippen molar-refractivity contribution in [1.29, 1.82) is 0 Å². The van der Waals surface area contributed by atoms with Crippen LogP contribution in [0.25, 0.3) is 0 Å². The van der Waals surface area contributed by atoms with Crippen LogP contribution in [0.4, 0.5) is 8.78 Å². The number of rotatable bonds is 4. The summed E-state index contributed by atoms with van der Waals surface area (Å²) in [5.74, 6) is -2.21. The molecule has 2 heterocycles. The van der Waals surface area contributed by atoms with Gasteiger partial charge >= 0.3 is 0 Å². The van der Waals surface area contributed by atoms with Crippen LogP contribution in [0.3, 0.4) is 0 Å². The van der Waals surface area contributed by atoms with Crippen LogP contribution in [0.2, 0.25) is 0 Å². The van der Waals surface area contributed by atoms with Crippen molar-refractivity contribution in [2.24, 2.45) is 0 Å². The number of nitrogens with one attached hydrogen (secondary N) is 1. The fraction of sp³-hybridized carbons (Fsp3) is 0.316. The third kappa shape index (κ3) is 3.87. The molecule has 1 aromatic carbocycles. The second-order valence-corrected chi connectivity index (χ2v) is 6.24. The Labute approximate surface area is 150 Å². The van der Waals surface area contributed by atoms with Gasteiger partial charge in [0.05, 0.1) is 29.5 Å². The van der Waals surface area contributed by atoms with Crippen LogP contribution < -0.4 is 5.32 Å². The molecule has 1 saturated heterocycles. The van der Waals surface area contributed by atoms with E-state index in [4.69, 9.17) is 0 Å². The van der Waals surface area contributed by atoms with Crippen molar-refractivity contribution in [3.63, 3.8) is 0 Å². The number of pyridine rings is 1. The number of aromatic nitrogens is 1. The first-order valence-electron chi connectivity index (χ1n) is 8.42. The zero-order chi connectivity index (χ0) is 18.7. The Morgan fingerprint density at radius 1 is 1.27 bits per heavy atom. The molecule has 136 valence electrons. The number of hydrogen-bond donors (Lipinski definition) is 1. The molecule has 0 saturated carbocycles. The molecule has 1 aliphatic rings. The number of amides is 2. The minimum absolute atomic E-state index is 0.146. The topological polar surface area (TPSA) is 62.3 Å². The van der Waals surface area contributed by atoms with Gasteiger partial charge in [0.15, 0.2) is 0 Å². The number of nitrogens with zero attached hydrogens (tertiary/aromatic N) is 2. The predicted octanol–water partition coefficient (Wildman–Crippen LogP) is 2.97. The Morgan fingerprint density at radius 3 is 2.81 bits per heavy atom. The van der Waals surface area contributed by atoms with E-state index in [1.54, 1.807) is 11.0 Å². The Balaban J connectivity index is 1.83. The number of carbonyl (C=O) groups is 2. The van der Waals surface area contributed by atoms with Gasteiger partial charge in [-0.25, -0.2) is 8.78 Å². The van der Waals surface area contributed by atoms with E-state index in [1.807, 2.05) is 12.1 Å². The summed E-state index contributed by atoms with van der Waals surface area (Å²) < 4.78 is 27.1. The van der Waals surface area contributed by atoms with Crippen molar-refractivity contribution < 1.29 is 18.4 Å². The lowest BCUT2D eigenvalue weighted by Gasteiger charge is -2.25. The van der Waals surface area contributed by atoms with E-state index < -0.39 is 17.5 Å². The van der Waals surface area contributed by atoms with Crippen LogP contribution in [0, 0.1) is 11.6 Å². The summed E-state index contributed by atoms with van der Waals surface area (Å²) >= 11 is 0. The summed E-state index contributed by atoms with van der Waals surface area (Å²) in [5, 5.41) is 2.69. The van der Waals surface area contributed by atoms with E-state index in [-0.39, 0.29) is 17.5 Å². The smallest absolute Gasteiger partial charge is 0.257 e. The first kappa shape index (κ1) is 18.0. The Kier molecular flexibility index (Phi) is 5.25. The molecule has 26 heavy (non-hydrogen) atoms. The van der Waals surface area contributed by atoms with E-state index in [9.17, 15) is 18.4 Å². The van der Waals surface area contributed by atoms with E-state index >= 15 is 0 Å². The predicted molar refractivity (Wildman–Crippen MR) is 91.1 cm³/mol. The molecule has 2 amide bonds. The molecule has 0 spiro atoms. The minimum atomic E-state index is -0.868. The highest BCUT2D eigenvalue weighted by Crippen LogP contribution is 2.32. The standard InChI is InChI=1S/C19H19F2N3O2/c1-12(25)22-11-14-4-2-5-17(23-14)18-6-3-9-24(18)19(26)15-8-7-13(20)10-16(15)21/h2,4-5,7-8,10,18H,3,6,9,11H2,1H3,(H,22,25)/t18-/m0/s1. The zero-order valence-corrected chi connectivity index (χ0v) is 14.3. The van der Waals surface area contributed by atoms with E-state index in [0.29, 0.717) is 37.0 Å². The fourth-order valence-electron chi connectivity index (χ4n) is 3.13. The molecule has 2 aromatic rings. The average Bonchev–Trinajstić information content (AvgIpc) is 3.09. The molecule has 1 aliphatic heterocycles. The van der Waals surface area contributed by atoms with E-state index in [1.165, 1.54) is 13.0 Å². The summed E-state index contributed by atoms with van der Waals surface area (Å²) in [6.07, 6.45) is 1.49. The Hall–Kier alpha value is -2.83. The number of likely N-dealkylation sites (tertiary alicyclic amines) is 1. The van der Waals surface area contributed by atoms with Crippen LogP contribution in [0.15, 0.2) is 36.4 Å². The van der Waals surface area contributed by atoms with Gasteiger partial charge in [0.2, 0.25) is 5.91 Å². The maximum Gasteiger partial charge on any atom is 0.257 e. The van der Waals surface area contributed by atoms with Crippen molar-refractivity contribution in [2.45, 2.75) is 32.4 Å². The van der Waals surface area contributed by atoms with Crippen molar-refractivity contribution in [3.05, 3.63) is 65.0 Å². The lowest BCUT2D eigenvalue weighted by Crippen LogP contribution is -2.32.